The van der Waals surface area contributed by atoms with Gasteiger partial charge in [-0.05, 0) is 42.5 Å². The molecule has 148 valence electrons. The normalized spacial score (nSPS) is 16.7. The van der Waals surface area contributed by atoms with Crippen LogP contribution < -0.4 is 10.2 Å². The van der Waals surface area contributed by atoms with Crippen molar-refractivity contribution in [2.45, 2.75) is 38.6 Å². The third kappa shape index (κ3) is 4.68. The number of rotatable bonds is 6. The second kappa shape index (κ2) is 8.87. The number of hydrogen-bond acceptors (Lipinski definition) is 5. The van der Waals surface area contributed by atoms with Gasteiger partial charge in [-0.1, -0.05) is 32.6 Å². The highest BCUT2D eigenvalue weighted by Gasteiger charge is 2.26. The van der Waals surface area contributed by atoms with Gasteiger partial charge in [0.15, 0.2) is 5.82 Å². The molecule has 1 amide bonds. The van der Waals surface area contributed by atoms with Crippen molar-refractivity contribution in [2.75, 3.05) is 30.4 Å². The van der Waals surface area contributed by atoms with Crippen LogP contribution in [0.15, 0.2) is 49.3 Å². The van der Waals surface area contributed by atoms with Gasteiger partial charge >= 0.3 is 0 Å². The van der Waals surface area contributed by atoms with E-state index in [-0.39, 0.29) is 11.9 Å². The van der Waals surface area contributed by atoms with Crippen molar-refractivity contribution in [2.24, 2.45) is 0 Å². The minimum Gasteiger partial charge on any atom is -0.354 e. The van der Waals surface area contributed by atoms with Gasteiger partial charge in [-0.15, -0.1) is 0 Å². The highest BCUT2D eigenvalue weighted by molar-refractivity contribution is 5.87. The van der Waals surface area contributed by atoms with Crippen molar-refractivity contribution < 1.29 is 4.79 Å². The van der Waals surface area contributed by atoms with Crippen LogP contribution in [0.2, 0.25) is 0 Å². The Balaban J connectivity index is 1.69. The van der Waals surface area contributed by atoms with Crippen molar-refractivity contribution >= 4 is 23.2 Å². The molecule has 1 aromatic heterocycles. The molecule has 1 saturated heterocycles. The molecule has 1 N–H and O–H groups in total. The Morgan fingerprint density at radius 1 is 1.32 bits per heavy atom. The van der Waals surface area contributed by atoms with Gasteiger partial charge in [0.2, 0.25) is 5.91 Å². The molecule has 0 unspecified atom stereocenters. The Bertz CT molecular complexity index is 818. The number of likely N-dealkylation sites (tertiary alicyclic amines) is 1. The third-order valence-corrected chi connectivity index (χ3v) is 5.26. The number of carbonyl (C=O) groups is 1. The number of aromatic nitrogens is 2. The molecule has 0 spiro atoms. The third-order valence-electron chi connectivity index (χ3n) is 5.26. The van der Waals surface area contributed by atoms with Gasteiger partial charge in [-0.25, -0.2) is 4.98 Å². The number of piperidine rings is 1. The highest BCUT2D eigenvalue weighted by atomic mass is 16.2. The van der Waals surface area contributed by atoms with E-state index >= 15 is 0 Å². The van der Waals surface area contributed by atoms with Gasteiger partial charge in [0.25, 0.3) is 0 Å². The SMILES string of the molecule is C=CC(=O)N1CCC[C@@H](N(C)c2cncc(Nc3ccc(C(C)C)cc3)n2)C1. The van der Waals surface area contributed by atoms with Crippen molar-refractivity contribution in [3.63, 3.8) is 0 Å². The first-order valence-corrected chi connectivity index (χ1v) is 9.81. The van der Waals surface area contributed by atoms with Crippen LogP contribution in [0.3, 0.4) is 0 Å². The summed E-state index contributed by atoms with van der Waals surface area (Å²) < 4.78 is 0. The molecule has 1 aromatic carbocycles. The fourth-order valence-corrected chi connectivity index (χ4v) is 3.47. The number of nitrogens with one attached hydrogen (secondary N) is 1. The van der Waals surface area contributed by atoms with Gasteiger partial charge in [0.1, 0.15) is 5.82 Å². The summed E-state index contributed by atoms with van der Waals surface area (Å²) >= 11 is 0. The Labute approximate surface area is 167 Å². The molecule has 0 saturated carbocycles. The number of anilines is 3. The zero-order valence-electron chi connectivity index (χ0n) is 16.9. The van der Waals surface area contributed by atoms with Gasteiger partial charge < -0.3 is 15.1 Å². The summed E-state index contributed by atoms with van der Waals surface area (Å²) in [5, 5.41) is 3.33. The summed E-state index contributed by atoms with van der Waals surface area (Å²) in [7, 11) is 2.01. The second-order valence-electron chi connectivity index (χ2n) is 7.56. The number of hydrogen-bond donors (Lipinski definition) is 1. The van der Waals surface area contributed by atoms with Crippen LogP contribution in [-0.4, -0.2) is 47.0 Å². The van der Waals surface area contributed by atoms with Crippen LogP contribution >= 0.6 is 0 Å². The van der Waals surface area contributed by atoms with Gasteiger partial charge in [-0.3, -0.25) is 9.78 Å². The minimum absolute atomic E-state index is 0.00977. The smallest absolute Gasteiger partial charge is 0.246 e. The number of amides is 1. The molecule has 1 atom stereocenters. The zero-order chi connectivity index (χ0) is 20.1. The molecule has 6 nitrogen and oxygen atoms in total. The van der Waals surface area contributed by atoms with Gasteiger partial charge in [0.05, 0.1) is 12.4 Å². The maximum Gasteiger partial charge on any atom is 0.246 e. The lowest BCUT2D eigenvalue weighted by molar-refractivity contribution is -0.127. The lowest BCUT2D eigenvalue weighted by atomic mass is 10.0. The molecule has 1 aliphatic heterocycles. The van der Waals surface area contributed by atoms with Crippen LogP contribution in [0.1, 0.15) is 38.2 Å². The molecule has 0 bridgehead atoms. The molecular formula is C22H29N5O. The number of likely N-dealkylation sites (N-methyl/N-ethyl adjacent to an activating group) is 1. The van der Waals surface area contributed by atoms with Gasteiger partial charge in [0, 0.05) is 31.9 Å². The maximum absolute atomic E-state index is 11.9. The summed E-state index contributed by atoms with van der Waals surface area (Å²) in [6.45, 7) is 9.42. The number of carbonyl (C=O) groups excluding carboxylic acids is 1. The van der Waals surface area contributed by atoms with Crippen LogP contribution in [-0.2, 0) is 4.79 Å². The molecule has 1 fully saturated rings. The fourth-order valence-electron chi connectivity index (χ4n) is 3.47. The summed E-state index contributed by atoms with van der Waals surface area (Å²) in [5.41, 5.74) is 2.29. The molecule has 0 aliphatic carbocycles. The number of nitrogens with zero attached hydrogens (tertiary/aromatic N) is 4. The summed E-state index contributed by atoms with van der Waals surface area (Å²) in [4.78, 5) is 25.0. The molecule has 0 radical (unpaired) electrons. The van der Waals surface area contributed by atoms with E-state index in [9.17, 15) is 4.79 Å². The predicted molar refractivity (Wildman–Crippen MR) is 114 cm³/mol. The molecule has 1 aliphatic rings. The van der Waals surface area contributed by atoms with Crippen LogP contribution in [0.4, 0.5) is 17.3 Å². The highest BCUT2D eigenvalue weighted by Crippen LogP contribution is 2.23. The molecule has 2 aromatic rings. The average Bonchev–Trinajstić information content (AvgIpc) is 2.73. The Morgan fingerprint density at radius 2 is 2.07 bits per heavy atom. The first kappa shape index (κ1) is 19.9. The predicted octanol–water partition coefficient (Wildman–Crippen LogP) is 3.96. The topological polar surface area (TPSA) is 61.4 Å². The van der Waals surface area contributed by atoms with E-state index in [0.29, 0.717) is 18.3 Å². The van der Waals surface area contributed by atoms with E-state index in [1.165, 1.54) is 11.6 Å². The van der Waals surface area contributed by atoms with Gasteiger partial charge in [-0.2, -0.15) is 0 Å². The van der Waals surface area contributed by atoms with Crippen molar-refractivity contribution in [3.05, 3.63) is 54.9 Å². The second-order valence-corrected chi connectivity index (χ2v) is 7.56. The lowest BCUT2D eigenvalue weighted by Crippen LogP contribution is -2.48. The molecular weight excluding hydrogens is 350 g/mol. The molecule has 6 heteroatoms. The number of benzene rings is 1. The monoisotopic (exact) mass is 379 g/mol. The summed E-state index contributed by atoms with van der Waals surface area (Å²) in [6.07, 6.45) is 6.87. The van der Waals surface area contributed by atoms with Crippen LogP contribution in [0.5, 0.6) is 0 Å². The Morgan fingerprint density at radius 3 is 2.75 bits per heavy atom. The Kier molecular flexibility index (Phi) is 6.29. The van der Waals surface area contributed by atoms with Crippen molar-refractivity contribution in [1.29, 1.82) is 0 Å². The minimum atomic E-state index is -0.00977. The van der Waals surface area contributed by atoms with Crippen LogP contribution in [0.25, 0.3) is 0 Å². The fraction of sp³-hybridized carbons (Fsp3) is 0.409. The quantitative estimate of drug-likeness (QED) is 0.770. The van der Waals surface area contributed by atoms with E-state index in [4.69, 9.17) is 4.98 Å². The largest absolute Gasteiger partial charge is 0.354 e. The zero-order valence-corrected chi connectivity index (χ0v) is 16.9. The first-order chi connectivity index (χ1) is 13.5. The van der Waals surface area contributed by atoms with Crippen molar-refractivity contribution in [1.82, 2.24) is 14.9 Å². The average molecular weight is 380 g/mol. The maximum atomic E-state index is 11.9. The summed E-state index contributed by atoms with van der Waals surface area (Å²) in [5.74, 6) is 2.00. The molecule has 28 heavy (non-hydrogen) atoms. The van der Waals surface area contributed by atoms with E-state index < -0.39 is 0 Å². The van der Waals surface area contributed by atoms with Crippen molar-refractivity contribution in [3.8, 4) is 0 Å². The van der Waals surface area contributed by atoms with Crippen LogP contribution in [0, 0.1) is 0 Å². The van der Waals surface area contributed by atoms with E-state index in [0.717, 1.165) is 30.9 Å². The van der Waals surface area contributed by atoms with E-state index in [1.807, 2.05) is 11.9 Å². The standard InChI is InChI=1S/C22H29N5O/c1-5-22(28)27-12-6-7-19(15-27)26(4)21-14-23-13-20(25-21)24-18-10-8-17(9-11-18)16(2)3/h5,8-11,13-14,16,19H,1,6-7,12,15H2,2-4H3,(H,24,25)/t19-/m1/s1. The molecule has 3 rings (SSSR count). The van der Waals surface area contributed by atoms with E-state index in [1.54, 1.807) is 12.4 Å². The lowest BCUT2D eigenvalue weighted by Gasteiger charge is -2.37. The molecule has 2 heterocycles. The Hall–Kier alpha value is -2.89. The summed E-state index contributed by atoms with van der Waals surface area (Å²) in [6, 6.07) is 8.60. The van der Waals surface area contributed by atoms with E-state index in [2.05, 4.69) is 59.9 Å². The first-order valence-electron chi connectivity index (χ1n) is 9.81.